The lowest BCUT2D eigenvalue weighted by molar-refractivity contribution is -0.126. The number of nitrogens with two attached hydrogens (primary N) is 2. The summed E-state index contributed by atoms with van der Waals surface area (Å²) in [6.07, 6.45) is 1.34. The minimum Gasteiger partial charge on any atom is -0.493 e. The first kappa shape index (κ1) is 34.4. The van der Waals surface area contributed by atoms with Crippen LogP contribution in [-0.2, 0) is 20.7 Å². The van der Waals surface area contributed by atoms with E-state index in [4.69, 9.17) is 25.7 Å². The molecule has 1 aromatic carbocycles. The van der Waals surface area contributed by atoms with Crippen LogP contribution in [0.5, 0.6) is 11.5 Å². The number of amides is 2. The Morgan fingerprint density at radius 1 is 1.10 bits per heavy atom. The number of aliphatic hydroxyl groups excluding tert-OH is 1. The van der Waals surface area contributed by atoms with E-state index in [1.54, 1.807) is 28.1 Å². The maximum absolute atomic E-state index is 12.9. The summed E-state index contributed by atoms with van der Waals surface area (Å²) in [6.45, 7) is 12.5. The quantitative estimate of drug-likeness (QED) is 0.162. The Balaban J connectivity index is 2.90. The SMILES string of the molecule is COCCCOc1cc(C[C@H](C[C@H](N)C(O)CC(C(=O)NCC(C)(C)C(N)=O)=C(C)C)C(C)C)ccc1OC. The first-order chi connectivity index (χ1) is 18.2. The molecule has 39 heavy (non-hydrogen) atoms. The van der Waals surface area contributed by atoms with Crippen LogP contribution in [0.15, 0.2) is 29.3 Å². The lowest BCUT2D eigenvalue weighted by Gasteiger charge is -2.28. The number of benzene rings is 1. The van der Waals surface area contributed by atoms with Crippen LogP contribution in [0.4, 0.5) is 0 Å². The number of ether oxygens (including phenoxy) is 3. The number of rotatable bonds is 18. The predicted octanol–water partition coefficient (Wildman–Crippen LogP) is 3.36. The molecule has 1 rings (SSSR count). The second-order valence-corrected chi connectivity index (χ2v) is 11.5. The molecule has 0 saturated carbocycles. The van der Waals surface area contributed by atoms with Gasteiger partial charge in [-0.25, -0.2) is 0 Å². The van der Waals surface area contributed by atoms with Gasteiger partial charge >= 0.3 is 0 Å². The van der Waals surface area contributed by atoms with E-state index in [9.17, 15) is 14.7 Å². The van der Waals surface area contributed by atoms with Crippen molar-refractivity contribution in [1.29, 1.82) is 0 Å². The number of primary amides is 1. The molecule has 0 bridgehead atoms. The van der Waals surface area contributed by atoms with Crippen LogP contribution in [0.2, 0.25) is 0 Å². The summed E-state index contributed by atoms with van der Waals surface area (Å²) in [4.78, 5) is 24.5. The van der Waals surface area contributed by atoms with Gasteiger partial charge < -0.3 is 36.1 Å². The summed E-state index contributed by atoms with van der Waals surface area (Å²) in [6, 6.07) is 5.41. The summed E-state index contributed by atoms with van der Waals surface area (Å²) < 4.78 is 16.5. The van der Waals surface area contributed by atoms with Gasteiger partial charge in [0, 0.05) is 44.7 Å². The summed E-state index contributed by atoms with van der Waals surface area (Å²) in [7, 11) is 3.28. The van der Waals surface area contributed by atoms with Crippen LogP contribution in [-0.4, -0.2) is 63.0 Å². The molecule has 0 aliphatic heterocycles. The molecule has 0 aliphatic carbocycles. The van der Waals surface area contributed by atoms with E-state index in [2.05, 4.69) is 19.2 Å². The summed E-state index contributed by atoms with van der Waals surface area (Å²) in [5.41, 5.74) is 13.4. The first-order valence-corrected chi connectivity index (χ1v) is 13.7. The van der Waals surface area contributed by atoms with Gasteiger partial charge in [0.1, 0.15) is 0 Å². The lowest BCUT2D eigenvalue weighted by atomic mass is 9.82. The van der Waals surface area contributed by atoms with E-state index in [-0.39, 0.29) is 24.8 Å². The zero-order chi connectivity index (χ0) is 29.8. The third kappa shape index (κ3) is 11.6. The van der Waals surface area contributed by atoms with E-state index < -0.39 is 23.5 Å². The van der Waals surface area contributed by atoms with Crippen molar-refractivity contribution in [3.8, 4) is 11.5 Å². The highest BCUT2D eigenvalue weighted by Crippen LogP contribution is 2.31. The second kappa shape index (κ2) is 16.5. The third-order valence-electron chi connectivity index (χ3n) is 7.14. The number of carbonyl (C=O) groups excluding carboxylic acids is 2. The number of aliphatic hydroxyl groups is 1. The molecular weight excluding hydrogens is 498 g/mol. The maximum Gasteiger partial charge on any atom is 0.247 e. The zero-order valence-electron chi connectivity index (χ0n) is 25.1. The van der Waals surface area contributed by atoms with Gasteiger partial charge in [0.25, 0.3) is 0 Å². The van der Waals surface area contributed by atoms with Crippen molar-refractivity contribution in [3.05, 3.63) is 34.9 Å². The standard InChI is InChI=1S/C30H51N3O6/c1-19(2)22(14-21-10-11-26(38-8)27(15-21)39-13-9-12-37-7)16-24(31)25(34)17-23(20(3)4)28(35)33-18-30(5,6)29(32)36/h10-11,15,19,22,24-25,34H,9,12-14,16-18,31H2,1-8H3,(H2,32,36)(H,33,35)/t22-,24+,25?/m1/s1. The summed E-state index contributed by atoms with van der Waals surface area (Å²) in [5, 5.41) is 13.8. The molecule has 0 fully saturated rings. The normalized spacial score (nSPS) is 13.9. The van der Waals surface area contributed by atoms with Gasteiger partial charge in [0.15, 0.2) is 11.5 Å². The lowest BCUT2D eigenvalue weighted by Crippen LogP contribution is -2.44. The smallest absolute Gasteiger partial charge is 0.247 e. The van der Waals surface area contributed by atoms with Crippen LogP contribution in [0, 0.1) is 17.3 Å². The molecule has 0 spiro atoms. The van der Waals surface area contributed by atoms with Crippen molar-refractivity contribution < 1.29 is 28.9 Å². The van der Waals surface area contributed by atoms with Gasteiger partial charge in [-0.05, 0) is 70.1 Å². The van der Waals surface area contributed by atoms with Crippen LogP contribution in [0.3, 0.4) is 0 Å². The Morgan fingerprint density at radius 3 is 2.31 bits per heavy atom. The van der Waals surface area contributed by atoms with Crippen molar-refractivity contribution in [3.63, 3.8) is 0 Å². The third-order valence-corrected chi connectivity index (χ3v) is 7.14. The highest BCUT2D eigenvalue weighted by Gasteiger charge is 2.28. The molecular formula is C30H51N3O6. The van der Waals surface area contributed by atoms with E-state index >= 15 is 0 Å². The Kier molecular flexibility index (Phi) is 14.5. The van der Waals surface area contributed by atoms with E-state index in [0.29, 0.717) is 42.6 Å². The van der Waals surface area contributed by atoms with Gasteiger partial charge in [-0.1, -0.05) is 25.5 Å². The highest BCUT2D eigenvalue weighted by molar-refractivity contribution is 5.94. The number of nitrogens with one attached hydrogen (secondary N) is 1. The molecule has 0 heterocycles. The van der Waals surface area contributed by atoms with Crippen molar-refractivity contribution >= 4 is 11.8 Å². The molecule has 3 atom stereocenters. The minimum absolute atomic E-state index is 0.107. The maximum atomic E-state index is 12.9. The number of carbonyl (C=O) groups is 2. The predicted molar refractivity (Wildman–Crippen MR) is 155 cm³/mol. The molecule has 1 unspecified atom stereocenters. The molecule has 0 aliphatic rings. The molecule has 9 heteroatoms. The number of hydrogen-bond acceptors (Lipinski definition) is 7. The highest BCUT2D eigenvalue weighted by atomic mass is 16.5. The molecule has 0 saturated heterocycles. The van der Waals surface area contributed by atoms with Crippen LogP contribution < -0.4 is 26.3 Å². The molecule has 6 N–H and O–H groups in total. The van der Waals surface area contributed by atoms with Gasteiger partial charge in [-0.2, -0.15) is 0 Å². The van der Waals surface area contributed by atoms with Crippen LogP contribution in [0.1, 0.15) is 66.4 Å². The zero-order valence-corrected chi connectivity index (χ0v) is 25.1. The van der Waals surface area contributed by atoms with Crippen LogP contribution in [0.25, 0.3) is 0 Å². The second-order valence-electron chi connectivity index (χ2n) is 11.5. The summed E-state index contributed by atoms with van der Waals surface area (Å²) in [5.74, 6) is 1.06. The van der Waals surface area contributed by atoms with Gasteiger partial charge in [-0.15, -0.1) is 0 Å². The Morgan fingerprint density at radius 2 is 1.77 bits per heavy atom. The molecule has 2 amide bonds. The van der Waals surface area contributed by atoms with Crippen molar-refractivity contribution in [2.24, 2.45) is 28.7 Å². The fourth-order valence-corrected chi connectivity index (χ4v) is 4.13. The number of allylic oxidation sites excluding steroid dienone is 1. The van der Waals surface area contributed by atoms with Crippen molar-refractivity contribution in [2.45, 2.75) is 79.4 Å². The number of methoxy groups -OCH3 is 2. The number of hydrogen-bond donors (Lipinski definition) is 4. The van der Waals surface area contributed by atoms with Crippen molar-refractivity contribution in [2.75, 3.05) is 34.0 Å². The Bertz CT molecular complexity index is 956. The van der Waals surface area contributed by atoms with E-state index in [1.165, 1.54) is 0 Å². The monoisotopic (exact) mass is 549 g/mol. The van der Waals surface area contributed by atoms with E-state index in [0.717, 1.165) is 24.0 Å². The average molecular weight is 550 g/mol. The molecule has 1 aromatic rings. The van der Waals surface area contributed by atoms with Gasteiger partial charge in [-0.3, -0.25) is 9.59 Å². The van der Waals surface area contributed by atoms with E-state index in [1.807, 2.05) is 32.0 Å². The fraction of sp³-hybridized carbons (Fsp3) is 0.667. The molecule has 9 nitrogen and oxygen atoms in total. The largest absolute Gasteiger partial charge is 0.493 e. The molecule has 0 radical (unpaired) electrons. The Hall–Kier alpha value is -2.62. The molecule has 0 aromatic heterocycles. The van der Waals surface area contributed by atoms with Gasteiger partial charge in [0.05, 0.1) is 25.2 Å². The van der Waals surface area contributed by atoms with Crippen LogP contribution >= 0.6 is 0 Å². The summed E-state index contributed by atoms with van der Waals surface area (Å²) >= 11 is 0. The topological polar surface area (TPSA) is 146 Å². The molecule has 222 valence electrons. The minimum atomic E-state index is -0.901. The van der Waals surface area contributed by atoms with Crippen molar-refractivity contribution in [1.82, 2.24) is 5.32 Å². The Labute approximate surface area is 234 Å². The van der Waals surface area contributed by atoms with Gasteiger partial charge in [0.2, 0.25) is 11.8 Å². The first-order valence-electron chi connectivity index (χ1n) is 13.7. The average Bonchev–Trinajstić information content (AvgIpc) is 2.87. The fourth-order valence-electron chi connectivity index (χ4n) is 4.13.